The minimum Gasteiger partial charge on any atom is -0.376 e. The predicted molar refractivity (Wildman–Crippen MR) is 121 cm³/mol. The number of nitrogens with zero attached hydrogens (tertiary/aromatic N) is 4. The number of thioether (sulfide) groups is 1. The lowest BCUT2D eigenvalue weighted by Gasteiger charge is -2.19. The standard InChI is InChI=1S/C24H30N4OS/c1-19-9-6-7-12-21(19)18-30-24-26-25-23(28(24)16-22-13-8-14-29-22)17-27(2)15-20-10-4-3-5-11-20/h3-7,9-12,22H,8,13-18H2,1-2H3. The second-order valence-electron chi connectivity index (χ2n) is 8.02. The SMILES string of the molecule is Cc1ccccc1CSc1nnc(CN(C)Cc2ccccc2)n1CC1CCCO1. The average Bonchev–Trinajstić information content (AvgIpc) is 3.39. The van der Waals surface area contributed by atoms with Crippen LogP contribution in [-0.4, -0.2) is 39.4 Å². The van der Waals surface area contributed by atoms with Gasteiger partial charge in [-0.1, -0.05) is 66.4 Å². The monoisotopic (exact) mass is 422 g/mol. The highest BCUT2D eigenvalue weighted by Gasteiger charge is 2.21. The molecule has 1 fully saturated rings. The summed E-state index contributed by atoms with van der Waals surface area (Å²) in [6, 6.07) is 19.1. The van der Waals surface area contributed by atoms with Crippen molar-refractivity contribution in [3.8, 4) is 0 Å². The van der Waals surface area contributed by atoms with Crippen LogP contribution in [0.4, 0.5) is 0 Å². The van der Waals surface area contributed by atoms with E-state index >= 15 is 0 Å². The minimum atomic E-state index is 0.261. The Labute approximate surface area is 183 Å². The highest BCUT2D eigenvalue weighted by Crippen LogP contribution is 2.26. The quantitative estimate of drug-likeness (QED) is 0.468. The first-order valence-corrected chi connectivity index (χ1v) is 11.6. The molecule has 0 radical (unpaired) electrons. The smallest absolute Gasteiger partial charge is 0.191 e. The van der Waals surface area contributed by atoms with Crippen molar-refractivity contribution in [2.75, 3.05) is 13.7 Å². The molecule has 5 nitrogen and oxygen atoms in total. The molecule has 0 bridgehead atoms. The Hall–Kier alpha value is -2.15. The van der Waals surface area contributed by atoms with Crippen molar-refractivity contribution in [2.45, 2.75) is 56.4 Å². The predicted octanol–water partition coefficient (Wildman–Crippen LogP) is 4.69. The van der Waals surface area contributed by atoms with Gasteiger partial charge in [-0.25, -0.2) is 0 Å². The molecule has 1 aromatic heterocycles. The van der Waals surface area contributed by atoms with Crippen molar-refractivity contribution in [2.24, 2.45) is 0 Å². The van der Waals surface area contributed by atoms with Gasteiger partial charge in [0.05, 0.1) is 19.2 Å². The van der Waals surface area contributed by atoms with E-state index < -0.39 is 0 Å². The molecule has 6 heteroatoms. The molecule has 3 aromatic rings. The van der Waals surface area contributed by atoms with E-state index in [2.05, 4.69) is 88.2 Å². The van der Waals surface area contributed by atoms with E-state index in [9.17, 15) is 0 Å². The molecule has 0 aliphatic carbocycles. The van der Waals surface area contributed by atoms with Crippen LogP contribution in [0.5, 0.6) is 0 Å². The fourth-order valence-corrected chi connectivity index (χ4v) is 4.87. The molecule has 1 saturated heterocycles. The van der Waals surface area contributed by atoms with Gasteiger partial charge in [-0.15, -0.1) is 10.2 Å². The molecule has 1 atom stereocenters. The van der Waals surface area contributed by atoms with Gasteiger partial charge in [-0.2, -0.15) is 0 Å². The number of aryl methyl sites for hydroxylation is 1. The van der Waals surface area contributed by atoms with Crippen LogP contribution in [0.25, 0.3) is 0 Å². The lowest BCUT2D eigenvalue weighted by Crippen LogP contribution is -2.23. The zero-order chi connectivity index (χ0) is 20.8. The van der Waals surface area contributed by atoms with E-state index in [1.165, 1.54) is 16.7 Å². The third-order valence-electron chi connectivity index (χ3n) is 5.53. The summed E-state index contributed by atoms with van der Waals surface area (Å²) in [4.78, 5) is 2.29. The summed E-state index contributed by atoms with van der Waals surface area (Å²) in [6.45, 7) is 5.51. The van der Waals surface area contributed by atoms with Gasteiger partial charge in [0.25, 0.3) is 0 Å². The molecule has 30 heavy (non-hydrogen) atoms. The second-order valence-corrected chi connectivity index (χ2v) is 8.96. The number of rotatable bonds is 9. The van der Waals surface area contributed by atoms with Crippen molar-refractivity contribution < 1.29 is 4.74 Å². The number of hydrogen-bond donors (Lipinski definition) is 0. The molecule has 158 valence electrons. The van der Waals surface area contributed by atoms with E-state index in [0.717, 1.165) is 55.8 Å². The van der Waals surface area contributed by atoms with E-state index in [4.69, 9.17) is 4.74 Å². The summed E-state index contributed by atoms with van der Waals surface area (Å²) in [5.41, 5.74) is 3.97. The fraction of sp³-hybridized carbons (Fsp3) is 0.417. The molecular weight excluding hydrogens is 392 g/mol. The Kier molecular flexibility index (Phi) is 7.20. The van der Waals surface area contributed by atoms with Crippen LogP contribution in [0, 0.1) is 6.92 Å². The average molecular weight is 423 g/mol. The van der Waals surface area contributed by atoms with Crippen molar-refractivity contribution in [3.63, 3.8) is 0 Å². The Morgan fingerprint density at radius 3 is 2.63 bits per heavy atom. The molecule has 1 aliphatic rings. The molecule has 2 heterocycles. The topological polar surface area (TPSA) is 43.2 Å². The van der Waals surface area contributed by atoms with Gasteiger partial charge in [0.15, 0.2) is 5.16 Å². The van der Waals surface area contributed by atoms with Gasteiger partial charge in [0, 0.05) is 18.9 Å². The number of aromatic nitrogens is 3. The summed E-state index contributed by atoms with van der Waals surface area (Å²) in [7, 11) is 2.14. The molecule has 1 unspecified atom stereocenters. The third kappa shape index (κ3) is 5.50. The summed E-state index contributed by atoms with van der Waals surface area (Å²) >= 11 is 1.76. The van der Waals surface area contributed by atoms with E-state index in [1.807, 2.05) is 0 Å². The van der Waals surface area contributed by atoms with Crippen LogP contribution in [0.15, 0.2) is 59.8 Å². The molecule has 4 rings (SSSR count). The van der Waals surface area contributed by atoms with Crippen molar-refractivity contribution in [3.05, 3.63) is 77.1 Å². The minimum absolute atomic E-state index is 0.261. The molecular formula is C24H30N4OS. The van der Waals surface area contributed by atoms with Gasteiger partial charge < -0.3 is 9.30 Å². The van der Waals surface area contributed by atoms with E-state index in [1.54, 1.807) is 11.8 Å². The maximum atomic E-state index is 5.92. The Morgan fingerprint density at radius 2 is 1.87 bits per heavy atom. The molecule has 0 N–H and O–H groups in total. The van der Waals surface area contributed by atoms with Crippen molar-refractivity contribution in [1.82, 2.24) is 19.7 Å². The second kappa shape index (κ2) is 10.2. The van der Waals surface area contributed by atoms with Crippen LogP contribution in [0.2, 0.25) is 0 Å². The Bertz CT molecular complexity index is 937. The van der Waals surface area contributed by atoms with Gasteiger partial charge in [-0.3, -0.25) is 4.90 Å². The van der Waals surface area contributed by atoms with Crippen LogP contribution >= 0.6 is 11.8 Å². The van der Waals surface area contributed by atoms with Gasteiger partial charge in [0.1, 0.15) is 5.82 Å². The van der Waals surface area contributed by atoms with Crippen molar-refractivity contribution in [1.29, 1.82) is 0 Å². The van der Waals surface area contributed by atoms with Crippen molar-refractivity contribution >= 4 is 11.8 Å². The normalized spacial score (nSPS) is 16.4. The molecule has 1 aliphatic heterocycles. The zero-order valence-electron chi connectivity index (χ0n) is 17.8. The lowest BCUT2D eigenvalue weighted by molar-refractivity contribution is 0.0934. The molecule has 0 spiro atoms. The van der Waals surface area contributed by atoms with E-state index in [0.29, 0.717) is 0 Å². The van der Waals surface area contributed by atoms with Crippen LogP contribution in [0.1, 0.15) is 35.4 Å². The molecule has 0 saturated carbocycles. The third-order valence-corrected chi connectivity index (χ3v) is 6.54. The maximum Gasteiger partial charge on any atom is 0.191 e. The number of hydrogen-bond acceptors (Lipinski definition) is 5. The molecule has 0 amide bonds. The highest BCUT2D eigenvalue weighted by molar-refractivity contribution is 7.98. The van der Waals surface area contributed by atoms with Crippen LogP contribution < -0.4 is 0 Å². The lowest BCUT2D eigenvalue weighted by atomic mass is 10.1. The summed E-state index contributed by atoms with van der Waals surface area (Å²) in [5, 5.41) is 10.1. The number of benzene rings is 2. The molecule has 2 aromatic carbocycles. The first-order chi connectivity index (χ1) is 14.7. The first kappa shape index (κ1) is 21.1. The summed E-state index contributed by atoms with van der Waals surface area (Å²) < 4.78 is 8.20. The van der Waals surface area contributed by atoms with Gasteiger partial charge in [0.2, 0.25) is 0 Å². The Balaban J connectivity index is 1.48. The van der Waals surface area contributed by atoms with Crippen LogP contribution in [0.3, 0.4) is 0 Å². The maximum absolute atomic E-state index is 5.92. The van der Waals surface area contributed by atoms with Crippen LogP contribution in [-0.2, 0) is 30.1 Å². The first-order valence-electron chi connectivity index (χ1n) is 10.6. The largest absolute Gasteiger partial charge is 0.376 e. The summed E-state index contributed by atoms with van der Waals surface area (Å²) in [6.07, 6.45) is 2.51. The fourth-order valence-electron chi connectivity index (χ4n) is 3.82. The van der Waals surface area contributed by atoms with Gasteiger partial charge >= 0.3 is 0 Å². The highest BCUT2D eigenvalue weighted by atomic mass is 32.2. The summed E-state index contributed by atoms with van der Waals surface area (Å²) in [5.74, 6) is 1.91. The number of ether oxygens (including phenoxy) is 1. The Morgan fingerprint density at radius 1 is 1.07 bits per heavy atom. The zero-order valence-corrected chi connectivity index (χ0v) is 18.6. The van der Waals surface area contributed by atoms with Gasteiger partial charge in [-0.05, 0) is 43.5 Å². The van der Waals surface area contributed by atoms with E-state index in [-0.39, 0.29) is 6.10 Å².